The molecule has 39 heavy (non-hydrogen) atoms. The average molecular weight is 519 g/mol. The number of hydrogen-bond donors (Lipinski definition) is 1. The topological polar surface area (TPSA) is 99.6 Å². The molecule has 0 amide bonds. The van der Waals surface area contributed by atoms with Gasteiger partial charge in [-0.15, -0.1) is 0 Å². The van der Waals surface area contributed by atoms with Gasteiger partial charge in [0.05, 0.1) is 53.6 Å². The van der Waals surface area contributed by atoms with Crippen LogP contribution >= 0.6 is 0 Å². The number of nitriles is 1. The van der Waals surface area contributed by atoms with Gasteiger partial charge in [0.1, 0.15) is 11.3 Å². The summed E-state index contributed by atoms with van der Waals surface area (Å²) in [5, 5.41) is 19.2. The predicted octanol–water partition coefficient (Wildman–Crippen LogP) is 4.95. The highest BCUT2D eigenvalue weighted by molar-refractivity contribution is 5.89. The van der Waals surface area contributed by atoms with Gasteiger partial charge >= 0.3 is 0 Å². The van der Waals surface area contributed by atoms with Crippen molar-refractivity contribution in [1.82, 2.24) is 24.3 Å². The van der Waals surface area contributed by atoms with Crippen LogP contribution in [0.1, 0.15) is 25.3 Å². The predicted molar refractivity (Wildman–Crippen MR) is 150 cm³/mol. The molecule has 0 bridgehead atoms. The number of ether oxygens (including phenoxy) is 1. The Bertz CT molecular complexity index is 1650. The summed E-state index contributed by atoms with van der Waals surface area (Å²) in [5.41, 5.74) is 7.05. The highest BCUT2D eigenvalue weighted by atomic mass is 16.5. The lowest BCUT2D eigenvalue weighted by atomic mass is 9.97. The molecule has 0 spiro atoms. The molecule has 8 heteroatoms. The van der Waals surface area contributed by atoms with Crippen LogP contribution in [0, 0.1) is 17.2 Å². The van der Waals surface area contributed by atoms with Gasteiger partial charge in [-0.2, -0.15) is 5.26 Å². The van der Waals surface area contributed by atoms with Gasteiger partial charge < -0.3 is 14.7 Å². The lowest BCUT2D eigenvalue weighted by Crippen LogP contribution is -2.41. The van der Waals surface area contributed by atoms with Gasteiger partial charge in [-0.05, 0) is 62.2 Å². The van der Waals surface area contributed by atoms with Gasteiger partial charge in [-0.3, -0.25) is 14.4 Å². The van der Waals surface area contributed by atoms with Gasteiger partial charge in [-0.1, -0.05) is 18.2 Å². The first-order valence-corrected chi connectivity index (χ1v) is 13.3. The van der Waals surface area contributed by atoms with Crippen molar-refractivity contribution in [2.75, 3.05) is 26.2 Å². The van der Waals surface area contributed by atoms with Crippen molar-refractivity contribution < 1.29 is 9.84 Å². The second kappa shape index (κ2) is 10.8. The van der Waals surface area contributed by atoms with E-state index in [2.05, 4.69) is 42.5 Å². The number of piperidine rings is 1. The van der Waals surface area contributed by atoms with Gasteiger partial charge in [0, 0.05) is 42.5 Å². The van der Waals surface area contributed by atoms with Crippen LogP contribution in [0.2, 0.25) is 0 Å². The first kappa shape index (κ1) is 25.0. The van der Waals surface area contributed by atoms with Crippen molar-refractivity contribution in [3.63, 3.8) is 0 Å². The van der Waals surface area contributed by atoms with Crippen molar-refractivity contribution in [3.05, 3.63) is 79.0 Å². The van der Waals surface area contributed by atoms with E-state index in [0.717, 1.165) is 70.6 Å². The number of fused-ring (bicyclic) bond motifs is 2. The first-order valence-electron chi connectivity index (χ1n) is 13.3. The summed E-state index contributed by atoms with van der Waals surface area (Å²) in [6, 6.07) is 18.0. The number of aliphatic hydroxyl groups excluding tert-OH is 1. The molecule has 1 fully saturated rings. The molecule has 2 atom stereocenters. The molecule has 2 aromatic carbocycles. The van der Waals surface area contributed by atoms with Gasteiger partial charge in [0.25, 0.3) is 0 Å². The van der Waals surface area contributed by atoms with E-state index in [1.807, 2.05) is 55.8 Å². The fourth-order valence-electron chi connectivity index (χ4n) is 5.56. The van der Waals surface area contributed by atoms with E-state index in [4.69, 9.17) is 4.74 Å². The molecule has 5 aromatic rings. The molecule has 196 valence electrons. The SMILES string of the molecule is CC(O)CN1CCC[C@@H](COc2cc(-c3ccc(C#N)cc3)c(-c3ccc4nccnc4c3)n3cncc23)C1. The summed E-state index contributed by atoms with van der Waals surface area (Å²) in [4.78, 5) is 15.7. The zero-order valence-corrected chi connectivity index (χ0v) is 21.9. The van der Waals surface area contributed by atoms with Crippen molar-refractivity contribution in [3.8, 4) is 34.2 Å². The lowest BCUT2D eigenvalue weighted by Gasteiger charge is -2.33. The monoisotopic (exact) mass is 518 g/mol. The Morgan fingerprint density at radius 2 is 1.87 bits per heavy atom. The molecule has 3 aromatic heterocycles. The molecule has 1 saturated heterocycles. The first-order chi connectivity index (χ1) is 19.1. The second-order valence-electron chi connectivity index (χ2n) is 10.3. The Hall–Kier alpha value is -4.32. The number of hydrogen-bond acceptors (Lipinski definition) is 7. The fourth-order valence-corrected chi connectivity index (χ4v) is 5.56. The Labute approximate surface area is 227 Å². The van der Waals surface area contributed by atoms with Crippen LogP contribution in [0.4, 0.5) is 0 Å². The number of rotatable bonds is 7. The molecule has 1 unspecified atom stereocenters. The highest BCUT2D eigenvalue weighted by Crippen LogP contribution is 2.38. The number of aliphatic hydroxyl groups is 1. The number of aromatic nitrogens is 4. The van der Waals surface area contributed by atoms with Crippen molar-refractivity contribution in [2.24, 2.45) is 5.92 Å². The molecule has 0 radical (unpaired) electrons. The van der Waals surface area contributed by atoms with Gasteiger partial charge in [0.15, 0.2) is 0 Å². The minimum absolute atomic E-state index is 0.334. The van der Waals surface area contributed by atoms with Crippen molar-refractivity contribution >= 4 is 16.6 Å². The summed E-state index contributed by atoms with van der Waals surface area (Å²) in [5.74, 6) is 1.15. The molecule has 4 heterocycles. The normalized spacial score (nSPS) is 16.8. The van der Waals surface area contributed by atoms with E-state index in [-0.39, 0.29) is 6.10 Å². The van der Waals surface area contributed by atoms with E-state index < -0.39 is 0 Å². The van der Waals surface area contributed by atoms with Gasteiger partial charge in [-0.25, -0.2) is 4.98 Å². The Morgan fingerprint density at radius 1 is 1.08 bits per heavy atom. The zero-order valence-electron chi connectivity index (χ0n) is 21.9. The number of pyridine rings is 1. The minimum Gasteiger partial charge on any atom is -0.491 e. The van der Waals surface area contributed by atoms with E-state index in [9.17, 15) is 10.4 Å². The summed E-state index contributed by atoms with van der Waals surface area (Å²) in [7, 11) is 0. The molecule has 1 aliphatic rings. The maximum absolute atomic E-state index is 9.84. The number of benzene rings is 2. The largest absolute Gasteiger partial charge is 0.491 e. The summed E-state index contributed by atoms with van der Waals surface area (Å²) in [6.45, 7) is 5.05. The number of β-amino-alcohol motifs (C(OH)–C–C–N with tert-alkyl or cyclic N) is 1. The van der Waals surface area contributed by atoms with Crippen LogP contribution in [0.5, 0.6) is 5.75 Å². The Balaban J connectivity index is 1.42. The molecule has 8 nitrogen and oxygen atoms in total. The third kappa shape index (κ3) is 5.19. The molecule has 1 N–H and O–H groups in total. The number of nitrogens with zero attached hydrogens (tertiary/aromatic N) is 6. The molecule has 0 aliphatic carbocycles. The van der Waals surface area contributed by atoms with E-state index in [1.54, 1.807) is 12.4 Å². The molecular weight excluding hydrogens is 488 g/mol. The standard InChI is InChI=1S/C31H30N6O2/c1-21(38)17-36-12-2-3-23(18-36)19-39-30-14-26(24-6-4-22(15-32)5-7-24)31(37-20-33-16-29(30)37)25-8-9-27-28(13-25)35-11-10-34-27/h4-11,13-14,16,20-21,23,38H,2-3,12,17-19H2,1H3/t21?,23-/m1/s1. The molecule has 6 rings (SSSR count). The molecule has 1 aliphatic heterocycles. The van der Waals surface area contributed by atoms with Crippen molar-refractivity contribution in [1.29, 1.82) is 5.26 Å². The molecular formula is C31H30N6O2. The van der Waals surface area contributed by atoms with Crippen LogP contribution in [-0.4, -0.2) is 61.7 Å². The van der Waals surface area contributed by atoms with Crippen LogP contribution in [0.15, 0.2) is 73.4 Å². The van der Waals surface area contributed by atoms with E-state index in [0.29, 0.717) is 24.6 Å². The van der Waals surface area contributed by atoms with Crippen LogP contribution in [-0.2, 0) is 0 Å². The maximum Gasteiger partial charge on any atom is 0.145 e. The summed E-state index contributed by atoms with van der Waals surface area (Å²) in [6.07, 6.45) is 8.91. The molecule has 0 saturated carbocycles. The summed E-state index contributed by atoms with van der Waals surface area (Å²) >= 11 is 0. The summed E-state index contributed by atoms with van der Waals surface area (Å²) < 4.78 is 8.58. The average Bonchev–Trinajstić information content (AvgIpc) is 3.45. The smallest absolute Gasteiger partial charge is 0.145 e. The number of likely N-dealkylation sites (tertiary alicyclic amines) is 1. The quantitative estimate of drug-likeness (QED) is 0.325. The van der Waals surface area contributed by atoms with Crippen LogP contribution in [0.25, 0.3) is 38.9 Å². The Kier molecular flexibility index (Phi) is 6.93. The minimum atomic E-state index is -0.334. The zero-order chi connectivity index (χ0) is 26.8. The van der Waals surface area contributed by atoms with Crippen molar-refractivity contribution in [2.45, 2.75) is 25.9 Å². The lowest BCUT2D eigenvalue weighted by molar-refractivity contribution is 0.0799. The van der Waals surface area contributed by atoms with Gasteiger partial charge in [0.2, 0.25) is 0 Å². The number of imidazole rings is 1. The Morgan fingerprint density at radius 3 is 2.67 bits per heavy atom. The second-order valence-corrected chi connectivity index (χ2v) is 10.3. The van der Waals surface area contributed by atoms with Crippen LogP contribution in [0.3, 0.4) is 0 Å². The fraction of sp³-hybridized carbons (Fsp3) is 0.290. The third-order valence-electron chi connectivity index (χ3n) is 7.33. The van der Waals surface area contributed by atoms with Crippen LogP contribution < -0.4 is 4.74 Å². The highest BCUT2D eigenvalue weighted by Gasteiger charge is 2.23. The third-order valence-corrected chi connectivity index (χ3v) is 7.33. The van der Waals surface area contributed by atoms with E-state index in [1.165, 1.54) is 0 Å². The van der Waals surface area contributed by atoms with E-state index >= 15 is 0 Å². The maximum atomic E-state index is 9.84.